The van der Waals surface area contributed by atoms with E-state index in [1.165, 1.54) is 11.1 Å². The highest BCUT2D eigenvalue weighted by Crippen LogP contribution is 2.13. The highest BCUT2D eigenvalue weighted by atomic mass is 16.3. The molecule has 0 heterocycles. The quantitative estimate of drug-likeness (QED) is 0.542. The number of guanidine groups is 1. The fourth-order valence-electron chi connectivity index (χ4n) is 2.38. The van der Waals surface area contributed by atoms with E-state index < -0.39 is 6.10 Å². The molecule has 0 saturated carbocycles. The predicted octanol–water partition coefficient (Wildman–Crippen LogP) is 2.83. The molecule has 0 spiro atoms. The predicted molar refractivity (Wildman–Crippen MR) is 100 cm³/mol. The second-order valence-electron chi connectivity index (χ2n) is 5.81. The van der Waals surface area contributed by atoms with Gasteiger partial charge in [-0.05, 0) is 31.4 Å². The molecule has 0 amide bonds. The number of nitrogens with one attached hydrogen (secondary N) is 2. The monoisotopic (exact) mass is 325 g/mol. The Bertz CT molecular complexity index is 623. The summed E-state index contributed by atoms with van der Waals surface area (Å²) < 4.78 is 0. The molecule has 4 nitrogen and oxygen atoms in total. The van der Waals surface area contributed by atoms with Crippen molar-refractivity contribution in [2.45, 2.75) is 26.4 Å². The number of hydrogen-bond donors (Lipinski definition) is 3. The summed E-state index contributed by atoms with van der Waals surface area (Å²) in [6.07, 6.45) is 0.348. The van der Waals surface area contributed by atoms with E-state index in [9.17, 15) is 5.11 Å². The van der Waals surface area contributed by atoms with Gasteiger partial charge in [-0.1, -0.05) is 60.2 Å². The molecule has 0 saturated heterocycles. The zero-order valence-corrected chi connectivity index (χ0v) is 14.5. The van der Waals surface area contributed by atoms with Crippen molar-refractivity contribution >= 4 is 5.96 Å². The number of aliphatic imine (C=N–C) groups is 1. The average molecular weight is 325 g/mol. The molecule has 2 rings (SSSR count). The van der Waals surface area contributed by atoms with Gasteiger partial charge in [-0.25, -0.2) is 0 Å². The average Bonchev–Trinajstić information content (AvgIpc) is 2.61. The molecule has 0 bridgehead atoms. The van der Waals surface area contributed by atoms with Crippen LogP contribution in [0.2, 0.25) is 0 Å². The maximum absolute atomic E-state index is 10.3. The van der Waals surface area contributed by atoms with Crippen LogP contribution in [0, 0.1) is 6.92 Å². The maximum Gasteiger partial charge on any atom is 0.191 e. The van der Waals surface area contributed by atoms with Gasteiger partial charge in [0, 0.05) is 13.1 Å². The first-order valence-corrected chi connectivity index (χ1v) is 8.49. The topological polar surface area (TPSA) is 56.7 Å². The maximum atomic E-state index is 10.3. The lowest BCUT2D eigenvalue weighted by Crippen LogP contribution is -2.38. The molecule has 0 aliphatic carbocycles. The van der Waals surface area contributed by atoms with Crippen LogP contribution in [0.4, 0.5) is 0 Å². The van der Waals surface area contributed by atoms with Crippen LogP contribution >= 0.6 is 0 Å². The molecule has 4 heteroatoms. The van der Waals surface area contributed by atoms with Crippen molar-refractivity contribution in [3.63, 3.8) is 0 Å². The lowest BCUT2D eigenvalue weighted by Gasteiger charge is -2.13. The van der Waals surface area contributed by atoms with E-state index in [1.807, 2.05) is 56.3 Å². The second kappa shape index (κ2) is 9.73. The SMILES string of the molecule is CCNC(=NCC(O)c1ccc(C)cc1)NCCc1ccccc1. The lowest BCUT2D eigenvalue weighted by molar-refractivity contribution is 0.187. The molecule has 0 aliphatic heterocycles. The minimum absolute atomic E-state index is 0.337. The first kappa shape index (κ1) is 18.0. The Morgan fingerprint density at radius 2 is 1.75 bits per heavy atom. The molecular weight excluding hydrogens is 298 g/mol. The van der Waals surface area contributed by atoms with Gasteiger partial charge in [0.1, 0.15) is 0 Å². The van der Waals surface area contributed by atoms with Crippen molar-refractivity contribution in [1.29, 1.82) is 0 Å². The van der Waals surface area contributed by atoms with Gasteiger partial charge in [-0.3, -0.25) is 4.99 Å². The standard InChI is InChI=1S/C20H27N3O/c1-3-21-20(22-14-13-17-7-5-4-6-8-17)23-15-19(24)18-11-9-16(2)10-12-18/h4-12,19,24H,3,13-15H2,1-2H3,(H2,21,22,23). The lowest BCUT2D eigenvalue weighted by atomic mass is 10.1. The first-order valence-electron chi connectivity index (χ1n) is 8.49. The largest absolute Gasteiger partial charge is 0.386 e. The van der Waals surface area contributed by atoms with E-state index in [0.29, 0.717) is 6.54 Å². The Balaban J connectivity index is 1.86. The van der Waals surface area contributed by atoms with E-state index in [-0.39, 0.29) is 0 Å². The number of nitrogens with zero attached hydrogens (tertiary/aromatic N) is 1. The van der Waals surface area contributed by atoms with Crippen molar-refractivity contribution in [3.8, 4) is 0 Å². The van der Waals surface area contributed by atoms with E-state index >= 15 is 0 Å². The van der Waals surface area contributed by atoms with Gasteiger partial charge in [0.2, 0.25) is 0 Å². The van der Waals surface area contributed by atoms with Crippen LogP contribution in [0.25, 0.3) is 0 Å². The fraction of sp³-hybridized carbons (Fsp3) is 0.350. The van der Waals surface area contributed by atoms with Crippen LogP contribution in [-0.4, -0.2) is 30.7 Å². The highest BCUT2D eigenvalue weighted by Gasteiger charge is 2.07. The summed E-state index contributed by atoms with van der Waals surface area (Å²) in [6, 6.07) is 18.3. The zero-order valence-electron chi connectivity index (χ0n) is 14.5. The fourth-order valence-corrected chi connectivity index (χ4v) is 2.38. The third-order valence-corrected chi connectivity index (χ3v) is 3.78. The number of aryl methyl sites for hydroxylation is 1. The first-order chi connectivity index (χ1) is 11.7. The summed E-state index contributed by atoms with van der Waals surface area (Å²) in [5.41, 5.74) is 3.37. The molecule has 2 aromatic rings. The molecule has 0 fully saturated rings. The molecular formula is C20H27N3O. The van der Waals surface area contributed by atoms with Crippen molar-refractivity contribution < 1.29 is 5.11 Å². The molecule has 0 aliphatic rings. The summed E-state index contributed by atoms with van der Waals surface area (Å²) in [7, 11) is 0. The zero-order chi connectivity index (χ0) is 17.2. The second-order valence-corrected chi connectivity index (χ2v) is 5.81. The van der Waals surface area contributed by atoms with Crippen molar-refractivity contribution in [2.24, 2.45) is 4.99 Å². The molecule has 2 aromatic carbocycles. The Hall–Kier alpha value is -2.33. The molecule has 3 N–H and O–H groups in total. The molecule has 128 valence electrons. The third kappa shape index (κ3) is 6.05. The summed E-state index contributed by atoms with van der Waals surface area (Å²) in [5, 5.41) is 16.8. The van der Waals surface area contributed by atoms with E-state index in [0.717, 1.165) is 31.0 Å². The van der Waals surface area contributed by atoms with Gasteiger partial charge in [0.15, 0.2) is 5.96 Å². The van der Waals surface area contributed by atoms with Crippen LogP contribution in [0.5, 0.6) is 0 Å². The van der Waals surface area contributed by atoms with Gasteiger partial charge in [0.25, 0.3) is 0 Å². The third-order valence-electron chi connectivity index (χ3n) is 3.78. The smallest absolute Gasteiger partial charge is 0.191 e. The van der Waals surface area contributed by atoms with E-state index in [2.05, 4.69) is 27.8 Å². The van der Waals surface area contributed by atoms with Crippen LogP contribution in [0.15, 0.2) is 59.6 Å². The van der Waals surface area contributed by atoms with Crippen LogP contribution in [0.3, 0.4) is 0 Å². The van der Waals surface area contributed by atoms with Crippen LogP contribution in [0.1, 0.15) is 29.7 Å². The number of benzene rings is 2. The van der Waals surface area contributed by atoms with Crippen LogP contribution < -0.4 is 10.6 Å². The van der Waals surface area contributed by atoms with Crippen molar-refractivity contribution in [2.75, 3.05) is 19.6 Å². The molecule has 1 atom stereocenters. The normalized spacial score (nSPS) is 12.7. The number of rotatable bonds is 7. The molecule has 0 radical (unpaired) electrons. The van der Waals surface area contributed by atoms with E-state index in [1.54, 1.807) is 0 Å². The number of aliphatic hydroxyl groups is 1. The molecule has 0 aromatic heterocycles. The minimum Gasteiger partial charge on any atom is -0.386 e. The summed E-state index contributed by atoms with van der Waals surface area (Å²) >= 11 is 0. The van der Waals surface area contributed by atoms with Crippen LogP contribution in [-0.2, 0) is 6.42 Å². The Morgan fingerprint density at radius 3 is 2.42 bits per heavy atom. The molecule has 1 unspecified atom stereocenters. The van der Waals surface area contributed by atoms with Gasteiger partial charge >= 0.3 is 0 Å². The number of hydrogen-bond acceptors (Lipinski definition) is 2. The highest BCUT2D eigenvalue weighted by molar-refractivity contribution is 5.79. The van der Waals surface area contributed by atoms with Gasteiger partial charge in [-0.2, -0.15) is 0 Å². The van der Waals surface area contributed by atoms with Gasteiger partial charge < -0.3 is 15.7 Å². The van der Waals surface area contributed by atoms with Gasteiger partial charge in [-0.15, -0.1) is 0 Å². The van der Waals surface area contributed by atoms with Crippen molar-refractivity contribution in [1.82, 2.24) is 10.6 Å². The van der Waals surface area contributed by atoms with Crippen molar-refractivity contribution in [3.05, 3.63) is 71.3 Å². The molecule has 24 heavy (non-hydrogen) atoms. The summed E-state index contributed by atoms with van der Waals surface area (Å²) in [4.78, 5) is 4.49. The Kier molecular flexibility index (Phi) is 7.30. The minimum atomic E-state index is -0.588. The summed E-state index contributed by atoms with van der Waals surface area (Å²) in [6.45, 7) is 6.00. The summed E-state index contributed by atoms with van der Waals surface area (Å²) in [5.74, 6) is 0.736. The van der Waals surface area contributed by atoms with Gasteiger partial charge in [0.05, 0.1) is 12.6 Å². The Labute approximate surface area is 144 Å². The Morgan fingerprint density at radius 1 is 1.04 bits per heavy atom. The number of aliphatic hydroxyl groups excluding tert-OH is 1. The van der Waals surface area contributed by atoms with E-state index in [4.69, 9.17) is 0 Å².